The average molecular weight is 398 g/mol. The van der Waals surface area contributed by atoms with Crippen LogP contribution >= 0.6 is 0 Å². The number of likely N-dealkylation sites (tertiary alicyclic amines) is 1. The normalized spacial score (nSPS) is 20.0. The maximum Gasteiger partial charge on any atom is 0.407 e. The Morgan fingerprint density at radius 3 is 2.34 bits per heavy atom. The molecule has 1 heterocycles. The van der Waals surface area contributed by atoms with Crippen LogP contribution in [0.1, 0.15) is 45.6 Å². The average Bonchev–Trinajstić information content (AvgIpc) is 2.91. The number of nitrogens with zero attached hydrogens (tertiary/aromatic N) is 1. The van der Waals surface area contributed by atoms with Gasteiger partial charge in [-0.2, -0.15) is 0 Å². The number of amides is 1. The summed E-state index contributed by atoms with van der Waals surface area (Å²) in [6, 6.07) is 17.7. The third-order valence-corrected chi connectivity index (χ3v) is 5.41. The molecule has 2 unspecified atom stereocenters. The summed E-state index contributed by atoms with van der Waals surface area (Å²) in [5.41, 5.74) is 0.988. The van der Waals surface area contributed by atoms with Gasteiger partial charge in [0.25, 0.3) is 0 Å². The monoisotopic (exact) mass is 397 g/mol. The number of benzene rings is 2. The van der Waals surface area contributed by atoms with Crippen LogP contribution in [0.25, 0.3) is 0 Å². The molecule has 5 nitrogen and oxygen atoms in total. The van der Waals surface area contributed by atoms with Crippen LogP contribution in [0.5, 0.6) is 11.5 Å². The smallest absolute Gasteiger partial charge is 0.407 e. The molecule has 2 aromatic rings. The summed E-state index contributed by atoms with van der Waals surface area (Å²) in [7, 11) is 0. The molecule has 0 spiro atoms. The van der Waals surface area contributed by atoms with E-state index in [9.17, 15) is 9.90 Å². The maximum absolute atomic E-state index is 11.7. The zero-order chi connectivity index (χ0) is 20.9. The molecule has 0 bridgehead atoms. The Bertz CT molecular complexity index is 783. The van der Waals surface area contributed by atoms with E-state index in [-0.39, 0.29) is 17.6 Å². The number of carboxylic acid groups (broad SMARTS) is 1. The molecule has 1 saturated heterocycles. The van der Waals surface area contributed by atoms with Crippen molar-refractivity contribution in [2.45, 2.75) is 58.8 Å². The van der Waals surface area contributed by atoms with Crippen LogP contribution in [-0.2, 0) is 6.61 Å². The fourth-order valence-electron chi connectivity index (χ4n) is 3.84. The fourth-order valence-corrected chi connectivity index (χ4v) is 3.84. The van der Waals surface area contributed by atoms with E-state index in [2.05, 4.69) is 20.8 Å². The molecule has 1 aliphatic heterocycles. The SMILES string of the molecule is CC(C)(C)C1CC(Oc2ccc(OCc3ccccc3)cc2)CCCN1C(=O)O. The summed E-state index contributed by atoms with van der Waals surface area (Å²) in [4.78, 5) is 13.3. The van der Waals surface area contributed by atoms with Crippen LogP contribution < -0.4 is 9.47 Å². The van der Waals surface area contributed by atoms with Gasteiger partial charge in [-0.05, 0) is 48.1 Å². The van der Waals surface area contributed by atoms with Crippen molar-refractivity contribution in [1.82, 2.24) is 4.90 Å². The van der Waals surface area contributed by atoms with Crippen LogP contribution in [0.15, 0.2) is 54.6 Å². The number of ether oxygens (including phenoxy) is 2. The predicted molar refractivity (Wildman–Crippen MR) is 113 cm³/mol. The largest absolute Gasteiger partial charge is 0.490 e. The zero-order valence-electron chi connectivity index (χ0n) is 17.5. The molecule has 1 fully saturated rings. The lowest BCUT2D eigenvalue weighted by Gasteiger charge is -2.38. The molecule has 1 N–H and O–H groups in total. The van der Waals surface area contributed by atoms with Gasteiger partial charge in [-0.1, -0.05) is 51.1 Å². The Kier molecular flexibility index (Phi) is 6.68. The van der Waals surface area contributed by atoms with Crippen molar-refractivity contribution >= 4 is 6.09 Å². The van der Waals surface area contributed by atoms with Crippen LogP contribution in [0.4, 0.5) is 4.79 Å². The van der Waals surface area contributed by atoms with Gasteiger partial charge in [-0.25, -0.2) is 4.79 Å². The lowest BCUT2D eigenvalue weighted by atomic mass is 9.82. The number of carbonyl (C=O) groups is 1. The van der Waals surface area contributed by atoms with Gasteiger partial charge in [0.05, 0.1) is 0 Å². The molecule has 0 radical (unpaired) electrons. The maximum atomic E-state index is 11.7. The Balaban J connectivity index is 1.60. The Morgan fingerprint density at radius 2 is 1.72 bits per heavy atom. The first kappa shape index (κ1) is 21.0. The predicted octanol–water partition coefficient (Wildman–Crippen LogP) is 5.59. The highest BCUT2D eigenvalue weighted by Gasteiger charge is 2.37. The molecule has 2 aromatic carbocycles. The number of hydrogen-bond donors (Lipinski definition) is 1. The molecular weight excluding hydrogens is 366 g/mol. The van der Waals surface area contributed by atoms with Crippen molar-refractivity contribution in [2.75, 3.05) is 6.54 Å². The second kappa shape index (κ2) is 9.21. The van der Waals surface area contributed by atoms with Crippen molar-refractivity contribution in [3.63, 3.8) is 0 Å². The molecule has 2 atom stereocenters. The van der Waals surface area contributed by atoms with E-state index >= 15 is 0 Å². The summed E-state index contributed by atoms with van der Waals surface area (Å²) in [5, 5.41) is 9.61. The lowest BCUT2D eigenvalue weighted by molar-refractivity contribution is 0.0673. The molecule has 1 aliphatic rings. The molecule has 0 aliphatic carbocycles. The minimum absolute atomic E-state index is 0.000313. The molecule has 3 rings (SSSR count). The highest BCUT2D eigenvalue weighted by Crippen LogP contribution is 2.33. The topological polar surface area (TPSA) is 59.0 Å². The van der Waals surface area contributed by atoms with Crippen molar-refractivity contribution in [3.05, 3.63) is 60.2 Å². The fraction of sp³-hybridized carbons (Fsp3) is 0.458. The summed E-state index contributed by atoms with van der Waals surface area (Å²) in [6.45, 7) is 7.36. The Labute approximate surface area is 173 Å². The molecule has 1 amide bonds. The zero-order valence-corrected chi connectivity index (χ0v) is 17.5. The molecule has 0 saturated carbocycles. The first-order valence-corrected chi connectivity index (χ1v) is 10.3. The van der Waals surface area contributed by atoms with Gasteiger partial charge in [0.2, 0.25) is 0 Å². The van der Waals surface area contributed by atoms with E-state index in [4.69, 9.17) is 9.47 Å². The van der Waals surface area contributed by atoms with Crippen LogP contribution in [0.3, 0.4) is 0 Å². The van der Waals surface area contributed by atoms with Crippen molar-refractivity contribution in [3.8, 4) is 11.5 Å². The molecule has 0 aromatic heterocycles. The summed E-state index contributed by atoms with van der Waals surface area (Å²) < 4.78 is 12.1. The van der Waals surface area contributed by atoms with E-state index < -0.39 is 6.09 Å². The van der Waals surface area contributed by atoms with Gasteiger partial charge in [-0.15, -0.1) is 0 Å². The number of rotatable bonds is 5. The van der Waals surface area contributed by atoms with Crippen molar-refractivity contribution in [1.29, 1.82) is 0 Å². The van der Waals surface area contributed by atoms with Crippen molar-refractivity contribution in [2.24, 2.45) is 5.41 Å². The summed E-state index contributed by atoms with van der Waals surface area (Å²) in [5.74, 6) is 1.59. The minimum Gasteiger partial charge on any atom is -0.490 e. The van der Waals surface area contributed by atoms with Crippen LogP contribution in [-0.4, -0.2) is 34.8 Å². The van der Waals surface area contributed by atoms with Gasteiger partial charge in [0.1, 0.15) is 24.2 Å². The van der Waals surface area contributed by atoms with E-state index in [1.165, 1.54) is 0 Å². The lowest BCUT2D eigenvalue weighted by Crippen LogP contribution is -2.47. The second-order valence-electron chi connectivity index (χ2n) is 8.72. The summed E-state index contributed by atoms with van der Waals surface area (Å²) >= 11 is 0. The highest BCUT2D eigenvalue weighted by atomic mass is 16.5. The third kappa shape index (κ3) is 5.89. The standard InChI is InChI=1S/C24H31NO4/c1-24(2,3)22-16-21(10-7-15-25(22)23(26)27)29-20-13-11-19(12-14-20)28-17-18-8-5-4-6-9-18/h4-6,8-9,11-14,21-22H,7,10,15-17H2,1-3H3,(H,26,27). The minimum atomic E-state index is -0.842. The quantitative estimate of drug-likeness (QED) is 0.714. The Morgan fingerprint density at radius 1 is 1.07 bits per heavy atom. The first-order valence-electron chi connectivity index (χ1n) is 10.3. The van der Waals surface area contributed by atoms with Gasteiger partial charge in [-0.3, -0.25) is 0 Å². The second-order valence-corrected chi connectivity index (χ2v) is 8.72. The van der Waals surface area contributed by atoms with Crippen LogP contribution in [0, 0.1) is 5.41 Å². The van der Waals surface area contributed by atoms with Crippen molar-refractivity contribution < 1.29 is 19.4 Å². The third-order valence-electron chi connectivity index (χ3n) is 5.41. The first-order chi connectivity index (χ1) is 13.8. The van der Waals surface area contributed by atoms with E-state index in [1.807, 2.05) is 54.6 Å². The van der Waals surface area contributed by atoms with Gasteiger partial charge in [0, 0.05) is 19.0 Å². The Hall–Kier alpha value is -2.69. The molecular formula is C24H31NO4. The van der Waals surface area contributed by atoms with E-state index in [0.717, 1.165) is 29.9 Å². The highest BCUT2D eigenvalue weighted by molar-refractivity contribution is 5.65. The van der Waals surface area contributed by atoms with E-state index in [1.54, 1.807) is 4.90 Å². The van der Waals surface area contributed by atoms with Gasteiger partial charge < -0.3 is 19.5 Å². The number of hydrogen-bond acceptors (Lipinski definition) is 3. The molecule has 29 heavy (non-hydrogen) atoms. The van der Waals surface area contributed by atoms with Crippen LogP contribution in [0.2, 0.25) is 0 Å². The molecule has 5 heteroatoms. The van der Waals surface area contributed by atoms with Gasteiger partial charge >= 0.3 is 6.09 Å². The van der Waals surface area contributed by atoms with Gasteiger partial charge in [0.15, 0.2) is 0 Å². The molecule has 156 valence electrons. The summed E-state index contributed by atoms with van der Waals surface area (Å²) in [6.07, 6.45) is 1.51. The van der Waals surface area contributed by atoms with E-state index in [0.29, 0.717) is 19.6 Å².